The molecule has 0 spiro atoms. The number of benzene rings is 2. The molecule has 0 radical (unpaired) electrons. The van der Waals surface area contributed by atoms with Crippen LogP contribution in [-0.4, -0.2) is 9.97 Å². The highest BCUT2D eigenvalue weighted by Gasteiger charge is 1.98. The Balaban J connectivity index is 2.03. The zero-order valence-corrected chi connectivity index (χ0v) is 9.56. The molecule has 3 aromatic rings. The fourth-order valence-electron chi connectivity index (χ4n) is 1.75. The van der Waals surface area contributed by atoms with Crippen molar-refractivity contribution in [3.63, 3.8) is 0 Å². The van der Waals surface area contributed by atoms with Crippen LogP contribution in [0.3, 0.4) is 0 Å². The maximum Gasteiger partial charge on any atom is 0.122 e. The van der Waals surface area contributed by atoms with Crippen LogP contribution in [0.1, 0.15) is 0 Å². The number of fused-ring (bicyclic) bond motifs is 1. The van der Waals surface area contributed by atoms with Crippen LogP contribution in [-0.2, 0) is 0 Å². The molecule has 0 amide bonds. The third-order valence-electron chi connectivity index (χ3n) is 2.59. The van der Waals surface area contributed by atoms with E-state index in [1.54, 1.807) is 12.4 Å². The number of hydrogen-bond acceptors (Lipinski definition) is 4. The molecule has 4 nitrogen and oxygen atoms in total. The SMILES string of the molecule is c1ccc2c(N=Nc3cncnc3)cccc2c1. The van der Waals surface area contributed by atoms with Crippen LogP contribution in [0, 0.1) is 0 Å². The first kappa shape index (κ1) is 10.5. The second-order valence-electron chi connectivity index (χ2n) is 3.79. The Morgan fingerprint density at radius 1 is 0.778 bits per heavy atom. The molecule has 0 fully saturated rings. The molecule has 3 rings (SSSR count). The van der Waals surface area contributed by atoms with Crippen LogP contribution >= 0.6 is 0 Å². The number of hydrogen-bond donors (Lipinski definition) is 0. The van der Waals surface area contributed by atoms with Gasteiger partial charge in [0.2, 0.25) is 0 Å². The Bertz CT molecular complexity index is 687. The van der Waals surface area contributed by atoms with Gasteiger partial charge in [-0.2, -0.15) is 0 Å². The van der Waals surface area contributed by atoms with E-state index in [1.807, 2.05) is 30.3 Å². The minimum absolute atomic E-state index is 0.644. The highest BCUT2D eigenvalue weighted by atomic mass is 15.1. The molecule has 0 aliphatic heterocycles. The molecule has 1 aromatic heterocycles. The number of nitrogens with zero attached hydrogens (tertiary/aromatic N) is 4. The Hall–Kier alpha value is -2.62. The van der Waals surface area contributed by atoms with E-state index in [0.29, 0.717) is 5.69 Å². The third-order valence-corrected chi connectivity index (χ3v) is 2.59. The average molecular weight is 234 g/mol. The summed E-state index contributed by atoms with van der Waals surface area (Å²) in [6.07, 6.45) is 4.72. The number of azo groups is 1. The normalized spacial score (nSPS) is 11.1. The van der Waals surface area contributed by atoms with Crippen molar-refractivity contribution in [1.82, 2.24) is 9.97 Å². The standard InChI is InChI=1S/C14H10N4/c1-2-6-13-11(4-1)5-3-7-14(13)18-17-12-8-15-10-16-9-12/h1-10H. The second-order valence-corrected chi connectivity index (χ2v) is 3.79. The van der Waals surface area contributed by atoms with Crippen LogP contribution in [0.15, 0.2) is 71.4 Å². The van der Waals surface area contributed by atoms with Crippen molar-refractivity contribution >= 4 is 22.1 Å². The maximum absolute atomic E-state index is 4.25. The summed E-state index contributed by atoms with van der Waals surface area (Å²) >= 11 is 0. The van der Waals surface area contributed by atoms with E-state index in [2.05, 4.69) is 32.3 Å². The third kappa shape index (κ3) is 2.08. The second kappa shape index (κ2) is 4.71. The van der Waals surface area contributed by atoms with Crippen LogP contribution in [0.25, 0.3) is 10.8 Å². The van der Waals surface area contributed by atoms with Crippen molar-refractivity contribution in [2.75, 3.05) is 0 Å². The van der Waals surface area contributed by atoms with Gasteiger partial charge in [0.25, 0.3) is 0 Å². The van der Waals surface area contributed by atoms with Crippen LogP contribution in [0.4, 0.5) is 11.4 Å². The minimum Gasteiger partial charge on any atom is -0.243 e. The predicted molar refractivity (Wildman–Crippen MR) is 70.2 cm³/mol. The molecule has 0 saturated heterocycles. The van der Waals surface area contributed by atoms with Gasteiger partial charge < -0.3 is 0 Å². The van der Waals surface area contributed by atoms with Gasteiger partial charge >= 0.3 is 0 Å². The fraction of sp³-hybridized carbons (Fsp3) is 0. The summed E-state index contributed by atoms with van der Waals surface area (Å²) < 4.78 is 0. The molecular weight excluding hydrogens is 224 g/mol. The lowest BCUT2D eigenvalue weighted by atomic mass is 10.1. The van der Waals surface area contributed by atoms with Gasteiger partial charge in [-0.15, -0.1) is 10.2 Å². The van der Waals surface area contributed by atoms with Gasteiger partial charge in [-0.05, 0) is 11.5 Å². The molecule has 0 unspecified atom stereocenters. The van der Waals surface area contributed by atoms with Crippen molar-refractivity contribution < 1.29 is 0 Å². The van der Waals surface area contributed by atoms with E-state index < -0.39 is 0 Å². The Kier molecular flexibility index (Phi) is 2.75. The first-order valence-electron chi connectivity index (χ1n) is 5.58. The predicted octanol–water partition coefficient (Wildman–Crippen LogP) is 4.05. The number of aromatic nitrogens is 2. The lowest BCUT2D eigenvalue weighted by Gasteiger charge is -1.99. The molecule has 0 N–H and O–H groups in total. The summed E-state index contributed by atoms with van der Waals surface area (Å²) in [6.45, 7) is 0. The zero-order valence-electron chi connectivity index (χ0n) is 9.56. The topological polar surface area (TPSA) is 50.5 Å². The molecule has 0 aliphatic rings. The zero-order chi connectivity index (χ0) is 12.2. The molecule has 2 aromatic carbocycles. The van der Waals surface area contributed by atoms with Crippen LogP contribution in [0.2, 0.25) is 0 Å². The fourth-order valence-corrected chi connectivity index (χ4v) is 1.75. The summed E-state index contributed by atoms with van der Waals surface area (Å²) in [4.78, 5) is 7.79. The van der Waals surface area contributed by atoms with Gasteiger partial charge in [0.05, 0.1) is 18.1 Å². The van der Waals surface area contributed by atoms with Gasteiger partial charge in [-0.25, -0.2) is 9.97 Å². The Labute approximate surface area is 104 Å². The molecule has 0 aliphatic carbocycles. The average Bonchev–Trinajstić information content (AvgIpc) is 2.46. The van der Waals surface area contributed by atoms with E-state index in [4.69, 9.17) is 0 Å². The summed E-state index contributed by atoms with van der Waals surface area (Å²) in [7, 11) is 0. The Morgan fingerprint density at radius 2 is 1.56 bits per heavy atom. The molecule has 1 heterocycles. The van der Waals surface area contributed by atoms with Gasteiger partial charge in [-0.1, -0.05) is 36.4 Å². The van der Waals surface area contributed by atoms with E-state index in [1.165, 1.54) is 6.33 Å². The van der Waals surface area contributed by atoms with Crippen LogP contribution < -0.4 is 0 Å². The summed E-state index contributed by atoms with van der Waals surface area (Å²) in [6, 6.07) is 14.1. The van der Waals surface area contributed by atoms with E-state index >= 15 is 0 Å². The number of rotatable bonds is 2. The maximum atomic E-state index is 4.25. The quantitative estimate of drug-likeness (QED) is 0.628. The lowest BCUT2D eigenvalue weighted by molar-refractivity contribution is 1.12. The molecule has 18 heavy (non-hydrogen) atoms. The van der Waals surface area contributed by atoms with Gasteiger partial charge in [0.15, 0.2) is 0 Å². The molecule has 0 atom stereocenters. The lowest BCUT2D eigenvalue weighted by Crippen LogP contribution is -1.74. The van der Waals surface area contributed by atoms with Crippen molar-refractivity contribution in [3.8, 4) is 0 Å². The summed E-state index contributed by atoms with van der Waals surface area (Å²) in [5, 5.41) is 10.6. The first-order valence-corrected chi connectivity index (χ1v) is 5.58. The van der Waals surface area contributed by atoms with Crippen molar-refractivity contribution in [1.29, 1.82) is 0 Å². The molecule has 4 heteroatoms. The van der Waals surface area contributed by atoms with Gasteiger partial charge in [0, 0.05) is 5.39 Å². The summed E-state index contributed by atoms with van der Waals surface area (Å²) in [5.41, 5.74) is 1.49. The summed E-state index contributed by atoms with van der Waals surface area (Å²) in [5.74, 6) is 0. The van der Waals surface area contributed by atoms with E-state index in [9.17, 15) is 0 Å². The smallest absolute Gasteiger partial charge is 0.122 e. The molecular formula is C14H10N4. The monoisotopic (exact) mass is 234 g/mol. The Morgan fingerprint density at radius 3 is 2.44 bits per heavy atom. The van der Waals surface area contributed by atoms with Gasteiger partial charge in [-0.3, -0.25) is 0 Å². The van der Waals surface area contributed by atoms with Crippen molar-refractivity contribution in [2.45, 2.75) is 0 Å². The highest BCUT2D eigenvalue weighted by Crippen LogP contribution is 2.26. The van der Waals surface area contributed by atoms with Crippen molar-refractivity contribution in [3.05, 3.63) is 61.2 Å². The molecule has 86 valence electrons. The van der Waals surface area contributed by atoms with Crippen LogP contribution in [0.5, 0.6) is 0 Å². The van der Waals surface area contributed by atoms with E-state index in [0.717, 1.165) is 16.5 Å². The largest absolute Gasteiger partial charge is 0.243 e. The molecule has 0 saturated carbocycles. The highest BCUT2D eigenvalue weighted by molar-refractivity contribution is 5.92. The van der Waals surface area contributed by atoms with E-state index in [-0.39, 0.29) is 0 Å². The minimum atomic E-state index is 0.644. The van der Waals surface area contributed by atoms with Crippen molar-refractivity contribution in [2.24, 2.45) is 10.2 Å². The van der Waals surface area contributed by atoms with Gasteiger partial charge in [0.1, 0.15) is 12.0 Å². The first-order chi connectivity index (χ1) is 8.93. The molecule has 0 bridgehead atoms.